The maximum absolute atomic E-state index is 13.3. The third-order valence-electron chi connectivity index (χ3n) is 2.01. The standard InChI is InChI=1S/C9H7FN2O2/c1-12-8(9(13)14)7-5(10)3-2-4-6(7)11-12/h2-4H,1H3,(H,13,14). The van der Waals surface area contributed by atoms with E-state index in [1.807, 2.05) is 0 Å². The molecular formula is C9H7FN2O2. The topological polar surface area (TPSA) is 55.1 Å². The molecule has 0 atom stereocenters. The van der Waals surface area contributed by atoms with Crippen molar-refractivity contribution >= 4 is 16.9 Å². The van der Waals surface area contributed by atoms with Gasteiger partial charge in [0.1, 0.15) is 5.82 Å². The molecule has 0 saturated carbocycles. The van der Waals surface area contributed by atoms with E-state index in [0.29, 0.717) is 5.52 Å². The van der Waals surface area contributed by atoms with Crippen LogP contribution in [0.5, 0.6) is 0 Å². The number of halogens is 1. The molecule has 14 heavy (non-hydrogen) atoms. The second kappa shape index (κ2) is 2.80. The predicted molar refractivity (Wildman–Crippen MR) is 47.6 cm³/mol. The normalized spacial score (nSPS) is 10.7. The molecule has 2 rings (SSSR count). The van der Waals surface area contributed by atoms with Crippen LogP contribution in [0, 0.1) is 5.82 Å². The molecule has 0 aliphatic carbocycles. The molecule has 0 amide bonds. The minimum atomic E-state index is -1.18. The molecular weight excluding hydrogens is 187 g/mol. The van der Waals surface area contributed by atoms with Crippen molar-refractivity contribution in [3.63, 3.8) is 0 Å². The highest BCUT2D eigenvalue weighted by molar-refractivity contribution is 6.01. The number of fused-ring (bicyclic) bond motifs is 1. The van der Waals surface area contributed by atoms with Crippen LogP contribution in [0.2, 0.25) is 0 Å². The summed E-state index contributed by atoms with van der Waals surface area (Å²) in [5.41, 5.74) is 0.225. The number of aromatic carboxylic acids is 1. The van der Waals surface area contributed by atoms with Gasteiger partial charge in [0.05, 0.1) is 10.9 Å². The third-order valence-corrected chi connectivity index (χ3v) is 2.01. The lowest BCUT2D eigenvalue weighted by atomic mass is 10.2. The molecule has 0 spiro atoms. The number of hydrogen-bond acceptors (Lipinski definition) is 2. The quantitative estimate of drug-likeness (QED) is 0.746. The van der Waals surface area contributed by atoms with Gasteiger partial charge in [-0.25, -0.2) is 9.18 Å². The van der Waals surface area contributed by atoms with Crippen LogP contribution in [0.3, 0.4) is 0 Å². The van der Waals surface area contributed by atoms with Crippen molar-refractivity contribution in [2.24, 2.45) is 7.05 Å². The summed E-state index contributed by atoms with van der Waals surface area (Å²) in [4.78, 5) is 10.8. The summed E-state index contributed by atoms with van der Waals surface area (Å²) in [6.07, 6.45) is 0. The first-order valence-electron chi connectivity index (χ1n) is 3.96. The fraction of sp³-hybridized carbons (Fsp3) is 0.111. The lowest BCUT2D eigenvalue weighted by Gasteiger charge is -1.95. The maximum atomic E-state index is 13.3. The first-order chi connectivity index (χ1) is 6.61. The van der Waals surface area contributed by atoms with Gasteiger partial charge in [0, 0.05) is 7.05 Å². The number of aromatic nitrogens is 2. The fourth-order valence-corrected chi connectivity index (χ4v) is 1.45. The zero-order valence-electron chi connectivity index (χ0n) is 7.36. The van der Waals surface area contributed by atoms with E-state index in [9.17, 15) is 9.18 Å². The van der Waals surface area contributed by atoms with Crippen molar-refractivity contribution in [1.82, 2.24) is 9.78 Å². The van der Waals surface area contributed by atoms with Crippen molar-refractivity contribution in [3.8, 4) is 0 Å². The van der Waals surface area contributed by atoms with Gasteiger partial charge in [0.25, 0.3) is 0 Å². The van der Waals surface area contributed by atoms with E-state index in [1.54, 1.807) is 6.07 Å². The van der Waals surface area contributed by atoms with E-state index < -0.39 is 11.8 Å². The van der Waals surface area contributed by atoms with Crippen molar-refractivity contribution in [3.05, 3.63) is 29.7 Å². The Kier molecular flexibility index (Phi) is 1.73. The van der Waals surface area contributed by atoms with Crippen LogP contribution in [0.15, 0.2) is 18.2 Å². The summed E-state index contributed by atoms with van der Waals surface area (Å²) in [6, 6.07) is 4.29. The van der Waals surface area contributed by atoms with Crippen LogP contribution in [-0.2, 0) is 7.05 Å². The predicted octanol–water partition coefficient (Wildman–Crippen LogP) is 1.41. The van der Waals surface area contributed by atoms with Crippen LogP contribution in [0.25, 0.3) is 10.9 Å². The summed E-state index contributed by atoms with van der Waals surface area (Å²) in [7, 11) is 1.48. The van der Waals surface area contributed by atoms with Gasteiger partial charge in [0.2, 0.25) is 0 Å². The van der Waals surface area contributed by atoms with Gasteiger partial charge in [-0.2, -0.15) is 5.10 Å². The Bertz CT molecular complexity index is 519. The maximum Gasteiger partial charge on any atom is 0.354 e. The summed E-state index contributed by atoms with van der Waals surface area (Å²) in [5, 5.41) is 12.8. The molecule has 0 aliphatic heterocycles. The van der Waals surface area contributed by atoms with Crippen molar-refractivity contribution < 1.29 is 14.3 Å². The number of rotatable bonds is 1. The monoisotopic (exact) mass is 194 g/mol. The molecule has 2 aromatic rings. The summed E-state index contributed by atoms with van der Waals surface area (Å²) < 4.78 is 14.5. The van der Waals surface area contributed by atoms with E-state index >= 15 is 0 Å². The minimum absolute atomic E-state index is 0.0579. The summed E-state index contributed by atoms with van der Waals surface area (Å²) >= 11 is 0. The molecule has 0 bridgehead atoms. The van der Waals surface area contributed by atoms with E-state index in [-0.39, 0.29) is 11.1 Å². The van der Waals surface area contributed by atoms with Crippen LogP contribution >= 0.6 is 0 Å². The molecule has 4 nitrogen and oxygen atoms in total. The largest absolute Gasteiger partial charge is 0.477 e. The second-order valence-electron chi connectivity index (χ2n) is 2.91. The van der Waals surface area contributed by atoms with E-state index in [4.69, 9.17) is 5.11 Å². The van der Waals surface area contributed by atoms with E-state index in [2.05, 4.69) is 5.10 Å². The molecule has 0 unspecified atom stereocenters. The smallest absolute Gasteiger partial charge is 0.354 e. The molecule has 0 saturated heterocycles. The SMILES string of the molecule is Cn1nc2cccc(F)c2c1C(=O)O. The third kappa shape index (κ3) is 1.06. The lowest BCUT2D eigenvalue weighted by Crippen LogP contribution is -2.05. The van der Waals surface area contributed by atoms with Crippen LogP contribution in [-0.4, -0.2) is 20.9 Å². The Balaban J connectivity index is 2.93. The van der Waals surface area contributed by atoms with Gasteiger partial charge in [0.15, 0.2) is 5.69 Å². The van der Waals surface area contributed by atoms with Gasteiger partial charge in [-0.1, -0.05) is 6.07 Å². The average molecular weight is 194 g/mol. The van der Waals surface area contributed by atoms with Crippen LogP contribution in [0.1, 0.15) is 10.5 Å². The fourth-order valence-electron chi connectivity index (χ4n) is 1.45. The molecule has 1 aromatic carbocycles. The molecule has 72 valence electrons. The summed E-state index contributed by atoms with van der Waals surface area (Å²) in [6.45, 7) is 0. The Morgan fingerprint density at radius 2 is 2.29 bits per heavy atom. The van der Waals surface area contributed by atoms with Crippen LogP contribution < -0.4 is 0 Å². The molecule has 0 fully saturated rings. The minimum Gasteiger partial charge on any atom is -0.477 e. The van der Waals surface area contributed by atoms with E-state index in [0.717, 1.165) is 4.68 Å². The summed E-state index contributed by atoms with van der Waals surface area (Å²) in [5.74, 6) is -1.74. The number of carbonyl (C=O) groups is 1. The Labute approximate surface area is 78.6 Å². The van der Waals surface area contributed by atoms with Gasteiger partial charge in [-0.15, -0.1) is 0 Å². The molecule has 1 heterocycles. The van der Waals surface area contributed by atoms with E-state index in [1.165, 1.54) is 19.2 Å². The molecule has 0 radical (unpaired) electrons. The molecule has 1 N–H and O–H groups in total. The Morgan fingerprint density at radius 3 is 2.93 bits per heavy atom. The van der Waals surface area contributed by atoms with Crippen LogP contribution in [0.4, 0.5) is 4.39 Å². The second-order valence-corrected chi connectivity index (χ2v) is 2.91. The number of hydrogen-bond donors (Lipinski definition) is 1. The zero-order valence-corrected chi connectivity index (χ0v) is 7.36. The van der Waals surface area contributed by atoms with Crippen molar-refractivity contribution in [2.75, 3.05) is 0 Å². The highest BCUT2D eigenvalue weighted by Gasteiger charge is 2.18. The number of carboxylic acids is 1. The highest BCUT2D eigenvalue weighted by atomic mass is 19.1. The van der Waals surface area contributed by atoms with Gasteiger partial charge in [-0.05, 0) is 12.1 Å². The van der Waals surface area contributed by atoms with Crippen molar-refractivity contribution in [1.29, 1.82) is 0 Å². The van der Waals surface area contributed by atoms with Gasteiger partial charge in [-0.3, -0.25) is 4.68 Å². The highest BCUT2D eigenvalue weighted by Crippen LogP contribution is 2.20. The lowest BCUT2D eigenvalue weighted by molar-refractivity contribution is 0.0687. The first-order valence-corrected chi connectivity index (χ1v) is 3.96. The average Bonchev–Trinajstić information content (AvgIpc) is 2.42. The van der Waals surface area contributed by atoms with Gasteiger partial charge >= 0.3 is 5.97 Å². The Hall–Kier alpha value is -1.91. The molecule has 0 aliphatic rings. The Morgan fingerprint density at radius 1 is 1.57 bits per heavy atom. The number of aryl methyl sites for hydroxylation is 1. The molecule has 5 heteroatoms. The number of benzene rings is 1. The zero-order chi connectivity index (χ0) is 10.3. The van der Waals surface area contributed by atoms with Gasteiger partial charge < -0.3 is 5.11 Å². The number of nitrogens with zero attached hydrogens (tertiary/aromatic N) is 2. The van der Waals surface area contributed by atoms with Crippen molar-refractivity contribution in [2.45, 2.75) is 0 Å². The first kappa shape index (κ1) is 8.68. The molecule has 1 aromatic heterocycles. The number of carboxylic acid groups (broad SMARTS) is 1.